The van der Waals surface area contributed by atoms with Gasteiger partial charge >= 0.3 is 6.18 Å². The minimum Gasteiger partial charge on any atom is -0.333 e. The van der Waals surface area contributed by atoms with Crippen LogP contribution < -0.4 is 4.90 Å². The molecule has 0 heterocycles. The fraction of sp³-hybridized carbons (Fsp3) is 0.250. The van der Waals surface area contributed by atoms with Gasteiger partial charge < -0.3 is 4.90 Å². The molecule has 0 N–H and O–H groups in total. The molecule has 15 heteroatoms. The van der Waals surface area contributed by atoms with Crippen LogP contribution in [0.2, 0.25) is 15.1 Å². The summed E-state index contributed by atoms with van der Waals surface area (Å²) in [6.45, 7) is 1.42. The summed E-state index contributed by atoms with van der Waals surface area (Å²) in [7, 11) is 0. The third-order valence-corrected chi connectivity index (χ3v) is 7.57. The summed E-state index contributed by atoms with van der Waals surface area (Å²) < 4.78 is 41.9. The van der Waals surface area contributed by atoms with Crippen LogP contribution >= 0.6 is 66.7 Å². The Morgan fingerprint density at radius 3 is 1.87 bits per heavy atom. The van der Waals surface area contributed by atoms with Gasteiger partial charge in [0.25, 0.3) is 11.4 Å². The Hall–Kier alpha value is -1.34. The first-order valence-electron chi connectivity index (χ1n) is 8.06. The number of halogens is 8. The highest BCUT2D eigenvalue weighted by atomic mass is 79.9. The Morgan fingerprint density at radius 1 is 0.968 bits per heavy atom. The zero-order valence-electron chi connectivity index (χ0n) is 15.1. The summed E-state index contributed by atoms with van der Waals surface area (Å²) in [5, 5.41) is 22.4. The molecule has 0 aliphatic carbocycles. The molecule has 0 aromatic heterocycles. The lowest BCUT2D eigenvalue weighted by molar-refractivity contribution is -0.394. The van der Waals surface area contributed by atoms with Crippen LogP contribution in [-0.4, -0.2) is 16.4 Å². The van der Waals surface area contributed by atoms with Crippen LogP contribution in [0.1, 0.15) is 18.9 Å². The van der Waals surface area contributed by atoms with E-state index in [2.05, 4.69) is 31.9 Å². The Balaban J connectivity index is 3.07. The van der Waals surface area contributed by atoms with Gasteiger partial charge in [-0.1, -0.05) is 41.7 Å². The molecule has 2 rings (SSSR count). The molecule has 168 valence electrons. The highest BCUT2D eigenvalue weighted by Gasteiger charge is 2.42. The van der Waals surface area contributed by atoms with E-state index in [4.69, 9.17) is 34.8 Å². The smallest absolute Gasteiger partial charge is 0.333 e. The van der Waals surface area contributed by atoms with E-state index in [1.54, 1.807) is 6.92 Å². The summed E-state index contributed by atoms with van der Waals surface area (Å²) in [4.78, 5) is 21.4. The van der Waals surface area contributed by atoms with Crippen molar-refractivity contribution in [1.29, 1.82) is 0 Å². The van der Waals surface area contributed by atoms with Crippen molar-refractivity contribution in [3.8, 4) is 0 Å². The molecule has 0 spiro atoms. The van der Waals surface area contributed by atoms with E-state index in [0.29, 0.717) is 6.07 Å². The second-order valence-corrected chi connectivity index (χ2v) is 8.66. The maximum absolute atomic E-state index is 13.9. The van der Waals surface area contributed by atoms with Crippen LogP contribution in [0.4, 0.5) is 35.9 Å². The van der Waals surface area contributed by atoms with Crippen LogP contribution in [0.25, 0.3) is 0 Å². The minimum atomic E-state index is -5.17. The van der Waals surface area contributed by atoms with Crippen molar-refractivity contribution in [3.63, 3.8) is 0 Å². The molecule has 0 bridgehead atoms. The molecule has 0 unspecified atom stereocenters. The zero-order chi connectivity index (χ0) is 23.8. The molecule has 2 aromatic rings. The van der Waals surface area contributed by atoms with Crippen molar-refractivity contribution in [2.45, 2.75) is 19.5 Å². The third-order valence-electron chi connectivity index (χ3n) is 3.96. The van der Waals surface area contributed by atoms with Crippen molar-refractivity contribution in [2.75, 3.05) is 11.4 Å². The lowest BCUT2D eigenvalue weighted by Gasteiger charge is -2.29. The molecular weight excluding hydrogens is 621 g/mol. The Kier molecular flexibility index (Phi) is 8.07. The lowest BCUT2D eigenvalue weighted by Crippen LogP contribution is -2.24. The average Bonchev–Trinajstić information content (AvgIpc) is 2.68. The molecule has 0 aliphatic rings. The van der Waals surface area contributed by atoms with E-state index >= 15 is 0 Å². The molecule has 0 atom stereocenters. The molecule has 0 saturated heterocycles. The van der Waals surface area contributed by atoms with E-state index in [1.807, 2.05) is 0 Å². The fourth-order valence-electron chi connectivity index (χ4n) is 2.74. The highest BCUT2D eigenvalue weighted by molar-refractivity contribution is 9.11. The number of rotatable bonds is 6. The molecule has 0 fully saturated rings. The molecule has 31 heavy (non-hydrogen) atoms. The highest BCUT2D eigenvalue weighted by Crippen LogP contribution is 2.53. The first-order valence-corrected chi connectivity index (χ1v) is 10.8. The van der Waals surface area contributed by atoms with Gasteiger partial charge in [0.05, 0.1) is 51.2 Å². The molecule has 0 saturated carbocycles. The van der Waals surface area contributed by atoms with Crippen LogP contribution in [0.3, 0.4) is 0 Å². The number of hydrogen-bond acceptors (Lipinski definition) is 5. The third kappa shape index (κ3) is 5.03. The van der Waals surface area contributed by atoms with E-state index in [1.165, 1.54) is 0 Å². The average molecular weight is 630 g/mol. The van der Waals surface area contributed by atoms with E-state index in [-0.39, 0.29) is 48.7 Å². The van der Waals surface area contributed by atoms with Gasteiger partial charge in [-0.25, -0.2) is 0 Å². The minimum absolute atomic E-state index is 0.0319. The van der Waals surface area contributed by atoms with E-state index < -0.39 is 38.6 Å². The fourth-order valence-corrected chi connectivity index (χ4v) is 4.69. The number of alkyl halides is 3. The maximum atomic E-state index is 13.9. The standard InChI is InChI=1S/C16H9Br2Cl3F3N3O4/c1-2-3-25(15-12(20)9(17)11(19)10(18)13(15)21)14-7(16(22,23)24)4-6(26(28)29)5-8(14)27(30)31/h4-5H,2-3H2,1H3. The molecule has 7 nitrogen and oxygen atoms in total. The topological polar surface area (TPSA) is 89.5 Å². The summed E-state index contributed by atoms with van der Waals surface area (Å²) >= 11 is 24.9. The van der Waals surface area contributed by atoms with E-state index in [0.717, 1.165) is 4.90 Å². The van der Waals surface area contributed by atoms with Crippen molar-refractivity contribution < 1.29 is 23.0 Å². The van der Waals surface area contributed by atoms with Crippen LogP contribution in [0.5, 0.6) is 0 Å². The molecule has 0 amide bonds. The number of anilines is 2. The quantitative estimate of drug-likeness (QED) is 0.138. The summed E-state index contributed by atoms with van der Waals surface area (Å²) in [6, 6.07) is 0.682. The predicted octanol–water partition coefficient (Wildman–Crippen LogP) is 8.56. The Labute approximate surface area is 204 Å². The van der Waals surface area contributed by atoms with Gasteiger partial charge in [0.15, 0.2) is 0 Å². The molecule has 0 radical (unpaired) electrons. The molecular formula is C16H9Br2Cl3F3N3O4. The van der Waals surface area contributed by atoms with Crippen molar-refractivity contribution in [2.24, 2.45) is 0 Å². The lowest BCUT2D eigenvalue weighted by atomic mass is 10.1. The van der Waals surface area contributed by atoms with Gasteiger partial charge in [-0.05, 0) is 38.3 Å². The Morgan fingerprint density at radius 2 is 1.48 bits per heavy atom. The van der Waals surface area contributed by atoms with Gasteiger partial charge in [0.1, 0.15) is 5.69 Å². The number of nitro groups is 2. The number of nitrogens with zero attached hydrogens (tertiary/aromatic N) is 3. The second kappa shape index (κ2) is 9.65. The van der Waals surface area contributed by atoms with Gasteiger partial charge in [-0.15, -0.1) is 0 Å². The number of nitro benzene ring substituents is 2. The predicted molar refractivity (Wildman–Crippen MR) is 119 cm³/mol. The molecule has 0 aliphatic heterocycles. The van der Waals surface area contributed by atoms with E-state index in [9.17, 15) is 33.4 Å². The van der Waals surface area contributed by atoms with Gasteiger partial charge in [-0.2, -0.15) is 13.2 Å². The normalized spacial score (nSPS) is 11.5. The Bertz CT molecular complexity index is 1060. The largest absolute Gasteiger partial charge is 0.418 e. The SMILES string of the molecule is CCCN(c1c([N+](=O)[O-])cc([N+](=O)[O-])cc1C(F)(F)F)c1c(Cl)c(Br)c(Cl)c(Br)c1Cl. The number of non-ortho nitro benzene ring substituents is 1. The first kappa shape index (κ1) is 25.9. The van der Waals surface area contributed by atoms with Crippen LogP contribution in [0, 0.1) is 20.2 Å². The number of hydrogen-bond donors (Lipinski definition) is 0. The van der Waals surface area contributed by atoms with Crippen molar-refractivity contribution in [1.82, 2.24) is 0 Å². The van der Waals surface area contributed by atoms with Crippen LogP contribution in [0.15, 0.2) is 21.1 Å². The summed E-state index contributed by atoms with van der Waals surface area (Å²) in [5.74, 6) is 0. The summed E-state index contributed by atoms with van der Waals surface area (Å²) in [6.07, 6.45) is -4.95. The monoisotopic (exact) mass is 627 g/mol. The first-order chi connectivity index (χ1) is 14.2. The van der Waals surface area contributed by atoms with Gasteiger partial charge in [0, 0.05) is 12.6 Å². The van der Waals surface area contributed by atoms with Gasteiger partial charge in [0.2, 0.25) is 0 Å². The number of benzene rings is 2. The van der Waals surface area contributed by atoms with Gasteiger partial charge in [-0.3, -0.25) is 20.2 Å². The maximum Gasteiger partial charge on any atom is 0.418 e. The summed E-state index contributed by atoms with van der Waals surface area (Å²) in [5.41, 5.74) is -4.94. The van der Waals surface area contributed by atoms with Crippen molar-refractivity contribution in [3.05, 3.63) is 61.9 Å². The van der Waals surface area contributed by atoms with Crippen LogP contribution in [-0.2, 0) is 6.18 Å². The second-order valence-electron chi connectivity index (χ2n) is 5.94. The zero-order valence-corrected chi connectivity index (χ0v) is 20.5. The molecule has 2 aromatic carbocycles. The van der Waals surface area contributed by atoms with Crippen molar-refractivity contribution >= 4 is 89.4 Å².